The summed E-state index contributed by atoms with van der Waals surface area (Å²) in [5.74, 6) is -0.178. The molecule has 4 nitrogen and oxygen atoms in total. The third-order valence-corrected chi connectivity index (χ3v) is 3.53. The highest BCUT2D eigenvalue weighted by Gasteiger charge is 2.11. The molecular weight excluding hydrogens is 306 g/mol. The van der Waals surface area contributed by atoms with Crippen molar-refractivity contribution >= 4 is 27.5 Å². The topological polar surface area (TPSA) is 68.0 Å². The van der Waals surface area contributed by atoms with Gasteiger partial charge in [-0.05, 0) is 47.1 Å². The van der Waals surface area contributed by atoms with Crippen molar-refractivity contribution < 1.29 is 4.79 Å². The molecule has 3 N–H and O–H groups in total. The van der Waals surface area contributed by atoms with Gasteiger partial charge in [0.2, 0.25) is 0 Å². The number of pyridine rings is 1. The smallest absolute Gasteiger partial charge is 0.252 e. The normalized spacial score (nSPS) is 10.2. The average molecular weight is 320 g/mol. The minimum Gasteiger partial charge on any atom is -0.398 e. The van der Waals surface area contributed by atoms with Crippen molar-refractivity contribution in [2.75, 3.05) is 5.73 Å². The largest absolute Gasteiger partial charge is 0.398 e. The van der Waals surface area contributed by atoms with Gasteiger partial charge in [-0.3, -0.25) is 9.78 Å². The Bertz CT molecular complexity index is 613. The number of nitrogen functional groups attached to an aromatic ring is 1. The number of rotatable bonds is 3. The molecule has 1 aromatic carbocycles. The summed E-state index contributed by atoms with van der Waals surface area (Å²) in [6, 6.07) is 10.9. The predicted molar refractivity (Wildman–Crippen MR) is 78.7 cm³/mol. The number of hydrogen-bond acceptors (Lipinski definition) is 3. The summed E-state index contributed by atoms with van der Waals surface area (Å²) in [5, 5.41) is 2.82. The minimum absolute atomic E-state index is 0.178. The van der Waals surface area contributed by atoms with Gasteiger partial charge in [0.05, 0.1) is 22.3 Å². The van der Waals surface area contributed by atoms with Crippen molar-refractivity contribution in [1.29, 1.82) is 0 Å². The molecule has 19 heavy (non-hydrogen) atoms. The van der Waals surface area contributed by atoms with Crippen LogP contribution in [0.2, 0.25) is 0 Å². The van der Waals surface area contributed by atoms with Gasteiger partial charge in [-0.25, -0.2) is 0 Å². The van der Waals surface area contributed by atoms with E-state index in [1.165, 1.54) is 0 Å². The summed E-state index contributed by atoms with van der Waals surface area (Å²) in [4.78, 5) is 16.4. The number of carbonyl (C=O) groups is 1. The number of aromatic nitrogens is 1. The molecule has 98 valence electrons. The van der Waals surface area contributed by atoms with Crippen molar-refractivity contribution in [2.45, 2.75) is 13.5 Å². The number of benzene rings is 1. The first-order valence-corrected chi connectivity index (χ1v) is 6.62. The van der Waals surface area contributed by atoms with Gasteiger partial charge in [0.15, 0.2) is 0 Å². The van der Waals surface area contributed by atoms with E-state index in [1.807, 2.05) is 25.1 Å². The van der Waals surface area contributed by atoms with Gasteiger partial charge in [0, 0.05) is 11.4 Å². The lowest BCUT2D eigenvalue weighted by atomic mass is 10.2. The Morgan fingerprint density at radius 2 is 2.05 bits per heavy atom. The van der Waals surface area contributed by atoms with Crippen LogP contribution in [0.25, 0.3) is 0 Å². The van der Waals surface area contributed by atoms with E-state index in [0.29, 0.717) is 22.3 Å². The molecule has 0 atom stereocenters. The van der Waals surface area contributed by atoms with E-state index in [9.17, 15) is 4.79 Å². The van der Waals surface area contributed by atoms with Gasteiger partial charge in [-0.15, -0.1) is 0 Å². The molecule has 0 aliphatic carbocycles. The third kappa shape index (κ3) is 3.32. The predicted octanol–water partition coefficient (Wildman–Crippen LogP) is 2.66. The van der Waals surface area contributed by atoms with Gasteiger partial charge in [-0.2, -0.15) is 0 Å². The molecule has 0 saturated heterocycles. The molecule has 2 aromatic rings. The van der Waals surface area contributed by atoms with Crippen LogP contribution >= 0.6 is 15.9 Å². The van der Waals surface area contributed by atoms with Gasteiger partial charge < -0.3 is 11.1 Å². The maximum Gasteiger partial charge on any atom is 0.252 e. The lowest BCUT2D eigenvalue weighted by Gasteiger charge is -2.08. The van der Waals surface area contributed by atoms with E-state index >= 15 is 0 Å². The number of carbonyl (C=O) groups excluding carboxylic acids is 1. The first-order chi connectivity index (χ1) is 9.08. The first-order valence-electron chi connectivity index (χ1n) is 5.82. The molecule has 0 aliphatic heterocycles. The third-order valence-electron chi connectivity index (χ3n) is 2.65. The van der Waals surface area contributed by atoms with Crippen LogP contribution in [0, 0.1) is 6.92 Å². The fraction of sp³-hybridized carbons (Fsp3) is 0.143. The van der Waals surface area contributed by atoms with E-state index in [4.69, 9.17) is 5.73 Å². The first kappa shape index (κ1) is 13.5. The van der Waals surface area contributed by atoms with Gasteiger partial charge in [0.25, 0.3) is 5.91 Å². The molecule has 1 heterocycles. The van der Waals surface area contributed by atoms with Crippen molar-refractivity contribution in [3.8, 4) is 0 Å². The second-order valence-electron chi connectivity index (χ2n) is 4.16. The average Bonchev–Trinajstić information content (AvgIpc) is 2.39. The van der Waals surface area contributed by atoms with E-state index < -0.39 is 0 Å². The van der Waals surface area contributed by atoms with Crippen molar-refractivity contribution in [3.63, 3.8) is 0 Å². The highest BCUT2D eigenvalue weighted by molar-refractivity contribution is 9.10. The van der Waals surface area contributed by atoms with Crippen LogP contribution in [-0.2, 0) is 6.54 Å². The van der Waals surface area contributed by atoms with Crippen LogP contribution in [0.1, 0.15) is 21.7 Å². The molecule has 1 amide bonds. The van der Waals surface area contributed by atoms with Gasteiger partial charge >= 0.3 is 0 Å². The monoisotopic (exact) mass is 319 g/mol. The Kier molecular flexibility index (Phi) is 4.16. The molecule has 5 heteroatoms. The second-order valence-corrected chi connectivity index (χ2v) is 4.95. The molecule has 1 aromatic heterocycles. The SMILES string of the molecule is Cc1cccc(CNC(=O)c2cccc(N)c2Br)n1. The Labute approximate surface area is 120 Å². The van der Waals surface area contributed by atoms with Crippen molar-refractivity contribution in [3.05, 3.63) is 57.8 Å². The van der Waals surface area contributed by atoms with Crippen LogP contribution in [0.4, 0.5) is 5.69 Å². The van der Waals surface area contributed by atoms with E-state index in [-0.39, 0.29) is 5.91 Å². The molecule has 0 saturated carbocycles. The van der Waals surface area contributed by atoms with Crippen LogP contribution in [0.5, 0.6) is 0 Å². The number of nitrogens with two attached hydrogens (primary N) is 1. The summed E-state index contributed by atoms with van der Waals surface area (Å²) in [7, 11) is 0. The maximum absolute atomic E-state index is 12.1. The van der Waals surface area contributed by atoms with Crippen LogP contribution in [0.15, 0.2) is 40.9 Å². The van der Waals surface area contributed by atoms with Crippen LogP contribution in [0.3, 0.4) is 0 Å². The number of hydrogen-bond donors (Lipinski definition) is 2. The lowest BCUT2D eigenvalue weighted by molar-refractivity contribution is 0.0949. The number of aryl methyl sites for hydroxylation is 1. The summed E-state index contributed by atoms with van der Waals surface area (Å²) < 4.78 is 0.615. The summed E-state index contributed by atoms with van der Waals surface area (Å²) in [6.07, 6.45) is 0. The minimum atomic E-state index is -0.178. The number of halogens is 1. The summed E-state index contributed by atoms with van der Waals surface area (Å²) in [6.45, 7) is 2.31. The van der Waals surface area contributed by atoms with E-state index in [2.05, 4.69) is 26.2 Å². The fourth-order valence-corrected chi connectivity index (χ4v) is 2.13. The summed E-state index contributed by atoms with van der Waals surface area (Å²) >= 11 is 3.32. The molecular formula is C14H14BrN3O. The quantitative estimate of drug-likeness (QED) is 0.855. The number of anilines is 1. The summed E-state index contributed by atoms with van der Waals surface area (Å²) in [5.41, 5.74) is 8.57. The zero-order valence-electron chi connectivity index (χ0n) is 10.5. The number of nitrogens with zero attached hydrogens (tertiary/aromatic N) is 1. The van der Waals surface area contributed by atoms with E-state index in [0.717, 1.165) is 11.4 Å². The Hall–Kier alpha value is -1.88. The van der Waals surface area contributed by atoms with Crippen molar-refractivity contribution in [1.82, 2.24) is 10.3 Å². The Morgan fingerprint density at radius 1 is 1.32 bits per heavy atom. The molecule has 0 radical (unpaired) electrons. The molecule has 0 aliphatic rings. The highest BCUT2D eigenvalue weighted by Crippen LogP contribution is 2.23. The standard InChI is InChI=1S/C14H14BrN3O/c1-9-4-2-5-10(18-9)8-17-14(19)11-6-3-7-12(16)13(11)15/h2-7H,8,16H2,1H3,(H,17,19). The van der Waals surface area contributed by atoms with Crippen LogP contribution in [-0.4, -0.2) is 10.9 Å². The number of nitrogens with one attached hydrogen (secondary N) is 1. The Morgan fingerprint density at radius 3 is 2.79 bits per heavy atom. The zero-order chi connectivity index (χ0) is 13.8. The maximum atomic E-state index is 12.1. The molecule has 0 unspecified atom stereocenters. The van der Waals surface area contributed by atoms with Crippen LogP contribution < -0.4 is 11.1 Å². The second kappa shape index (κ2) is 5.84. The fourth-order valence-electron chi connectivity index (χ4n) is 1.69. The number of amides is 1. The van der Waals surface area contributed by atoms with Crippen molar-refractivity contribution in [2.24, 2.45) is 0 Å². The lowest BCUT2D eigenvalue weighted by Crippen LogP contribution is -2.24. The van der Waals surface area contributed by atoms with Gasteiger partial charge in [-0.1, -0.05) is 12.1 Å². The molecule has 0 bridgehead atoms. The zero-order valence-corrected chi connectivity index (χ0v) is 12.1. The molecule has 2 rings (SSSR count). The van der Waals surface area contributed by atoms with Gasteiger partial charge in [0.1, 0.15) is 0 Å². The molecule has 0 spiro atoms. The highest BCUT2D eigenvalue weighted by atomic mass is 79.9. The van der Waals surface area contributed by atoms with E-state index in [1.54, 1.807) is 18.2 Å². The Balaban J connectivity index is 2.08. The molecule has 0 fully saturated rings.